The van der Waals surface area contributed by atoms with Crippen molar-refractivity contribution in [3.8, 4) is 0 Å². The number of rotatable bonds is 6. The maximum Gasteiger partial charge on any atom is 0.234 e. The maximum absolute atomic E-state index is 13.7. The van der Waals surface area contributed by atoms with Gasteiger partial charge in [-0.2, -0.15) is 0 Å². The highest BCUT2D eigenvalue weighted by molar-refractivity contribution is 7.15. The number of anilines is 1. The number of hydrogen-bond donors (Lipinski definition) is 2. The standard InChI is InChI=1S/C19H24FN3O2S/c1-13-3-4-14(10-16(13)20)9-15-11-22-18(26-15)23-17(24)19(12-25-2)5-7-21-8-6-19/h3-4,10-11,21H,5-9,12H2,1-2H3,(H,22,23,24). The zero-order valence-corrected chi connectivity index (χ0v) is 15.9. The van der Waals surface area contributed by atoms with Crippen molar-refractivity contribution >= 4 is 22.4 Å². The minimum absolute atomic E-state index is 0.0388. The van der Waals surface area contributed by atoms with Crippen LogP contribution < -0.4 is 10.6 Å². The average Bonchev–Trinajstić information content (AvgIpc) is 3.06. The van der Waals surface area contributed by atoms with Crippen LogP contribution >= 0.6 is 11.3 Å². The zero-order chi connectivity index (χ0) is 18.6. The fourth-order valence-electron chi connectivity index (χ4n) is 3.24. The van der Waals surface area contributed by atoms with E-state index in [1.165, 1.54) is 11.3 Å². The first-order valence-electron chi connectivity index (χ1n) is 8.73. The second-order valence-electron chi connectivity index (χ2n) is 6.81. The van der Waals surface area contributed by atoms with E-state index in [2.05, 4.69) is 15.6 Å². The molecule has 1 aliphatic heterocycles. The summed E-state index contributed by atoms with van der Waals surface area (Å²) in [6, 6.07) is 5.24. The van der Waals surface area contributed by atoms with Crippen LogP contribution in [0.5, 0.6) is 0 Å². The number of benzene rings is 1. The number of methoxy groups -OCH3 is 1. The van der Waals surface area contributed by atoms with Gasteiger partial charge >= 0.3 is 0 Å². The Morgan fingerprint density at radius 2 is 2.19 bits per heavy atom. The lowest BCUT2D eigenvalue weighted by molar-refractivity contribution is -0.130. The van der Waals surface area contributed by atoms with Crippen LogP contribution in [0.25, 0.3) is 0 Å². The highest BCUT2D eigenvalue weighted by atomic mass is 32.1. The Morgan fingerprint density at radius 3 is 2.88 bits per heavy atom. The minimum Gasteiger partial charge on any atom is -0.384 e. The Bertz CT molecular complexity index is 766. The van der Waals surface area contributed by atoms with Crippen LogP contribution in [0.15, 0.2) is 24.4 Å². The smallest absolute Gasteiger partial charge is 0.234 e. The summed E-state index contributed by atoms with van der Waals surface area (Å²) in [7, 11) is 1.62. The average molecular weight is 377 g/mol. The van der Waals surface area contributed by atoms with Crippen LogP contribution in [0.3, 0.4) is 0 Å². The SMILES string of the molecule is COCC1(C(=O)Nc2ncc(Cc3ccc(C)c(F)c3)s2)CCNCC1. The number of nitrogens with zero attached hydrogens (tertiary/aromatic N) is 1. The monoisotopic (exact) mass is 377 g/mol. The molecule has 26 heavy (non-hydrogen) atoms. The van der Waals surface area contributed by atoms with Gasteiger partial charge in [-0.05, 0) is 50.0 Å². The molecule has 5 nitrogen and oxygen atoms in total. The summed E-state index contributed by atoms with van der Waals surface area (Å²) in [4.78, 5) is 18.1. The molecule has 0 bridgehead atoms. The first kappa shape index (κ1) is 18.9. The van der Waals surface area contributed by atoms with Crippen LogP contribution in [0.2, 0.25) is 0 Å². The highest BCUT2D eigenvalue weighted by Gasteiger charge is 2.40. The Balaban J connectivity index is 1.67. The summed E-state index contributed by atoms with van der Waals surface area (Å²) in [6.45, 7) is 3.76. The molecule has 0 saturated carbocycles. The molecular formula is C19H24FN3O2S. The quantitative estimate of drug-likeness (QED) is 0.812. The summed E-state index contributed by atoms with van der Waals surface area (Å²) >= 11 is 1.42. The second kappa shape index (κ2) is 8.24. The number of amides is 1. The van der Waals surface area contributed by atoms with Crippen molar-refractivity contribution in [3.05, 3.63) is 46.2 Å². The molecule has 0 atom stereocenters. The molecule has 2 heterocycles. The van der Waals surface area contributed by atoms with E-state index in [-0.39, 0.29) is 11.7 Å². The van der Waals surface area contributed by atoms with Gasteiger partial charge in [-0.15, -0.1) is 11.3 Å². The zero-order valence-electron chi connectivity index (χ0n) is 15.1. The van der Waals surface area contributed by atoms with Crippen molar-refractivity contribution in [2.24, 2.45) is 5.41 Å². The number of hydrogen-bond acceptors (Lipinski definition) is 5. The lowest BCUT2D eigenvalue weighted by atomic mass is 9.79. The molecule has 1 amide bonds. The molecule has 2 aromatic rings. The molecule has 1 aromatic heterocycles. The number of piperidine rings is 1. The number of ether oxygens (including phenoxy) is 1. The molecule has 0 radical (unpaired) electrons. The van der Waals surface area contributed by atoms with Gasteiger partial charge in [0.2, 0.25) is 5.91 Å². The molecule has 1 aromatic carbocycles. The summed E-state index contributed by atoms with van der Waals surface area (Å²) < 4.78 is 19.0. The Kier molecular flexibility index (Phi) is 6.01. The van der Waals surface area contributed by atoms with Crippen LogP contribution in [-0.2, 0) is 16.0 Å². The number of nitrogens with one attached hydrogen (secondary N) is 2. The van der Waals surface area contributed by atoms with Gasteiger partial charge in [-0.25, -0.2) is 9.37 Å². The normalized spacial score (nSPS) is 16.4. The summed E-state index contributed by atoms with van der Waals surface area (Å²) in [5.74, 6) is -0.240. The molecule has 1 saturated heterocycles. The number of carbonyl (C=O) groups is 1. The summed E-state index contributed by atoms with van der Waals surface area (Å²) in [6.07, 6.45) is 3.82. The minimum atomic E-state index is -0.508. The third kappa shape index (κ3) is 4.28. The molecular weight excluding hydrogens is 353 g/mol. The van der Waals surface area contributed by atoms with Crippen molar-refractivity contribution in [2.45, 2.75) is 26.2 Å². The Morgan fingerprint density at radius 1 is 1.42 bits per heavy atom. The van der Waals surface area contributed by atoms with Crippen LogP contribution in [-0.4, -0.2) is 37.7 Å². The fraction of sp³-hybridized carbons (Fsp3) is 0.474. The summed E-state index contributed by atoms with van der Waals surface area (Å²) in [5.41, 5.74) is 1.02. The van der Waals surface area contributed by atoms with Crippen molar-refractivity contribution in [2.75, 3.05) is 32.1 Å². The van der Waals surface area contributed by atoms with E-state index in [0.29, 0.717) is 23.7 Å². The van der Waals surface area contributed by atoms with E-state index in [1.54, 1.807) is 32.4 Å². The van der Waals surface area contributed by atoms with Gasteiger partial charge in [0.25, 0.3) is 0 Å². The van der Waals surface area contributed by atoms with Gasteiger partial charge < -0.3 is 15.4 Å². The number of halogens is 1. The lowest BCUT2D eigenvalue weighted by Crippen LogP contribution is -2.47. The molecule has 1 aliphatic rings. The Hall–Kier alpha value is -1.83. The molecule has 3 rings (SSSR count). The molecule has 0 spiro atoms. The van der Waals surface area contributed by atoms with E-state index in [0.717, 1.165) is 36.4 Å². The predicted molar refractivity (Wildman–Crippen MR) is 101 cm³/mol. The van der Waals surface area contributed by atoms with E-state index < -0.39 is 5.41 Å². The topological polar surface area (TPSA) is 63.2 Å². The number of thiazole rings is 1. The van der Waals surface area contributed by atoms with Crippen molar-refractivity contribution in [3.63, 3.8) is 0 Å². The van der Waals surface area contributed by atoms with Gasteiger partial charge in [-0.3, -0.25) is 4.79 Å². The van der Waals surface area contributed by atoms with Crippen molar-refractivity contribution in [1.29, 1.82) is 0 Å². The molecule has 140 valence electrons. The van der Waals surface area contributed by atoms with Crippen LogP contribution in [0.4, 0.5) is 9.52 Å². The second-order valence-corrected chi connectivity index (χ2v) is 7.92. The van der Waals surface area contributed by atoms with Gasteiger partial charge in [0, 0.05) is 24.6 Å². The third-order valence-electron chi connectivity index (χ3n) is 4.85. The van der Waals surface area contributed by atoms with Crippen LogP contribution in [0.1, 0.15) is 28.8 Å². The van der Waals surface area contributed by atoms with Crippen LogP contribution in [0, 0.1) is 18.2 Å². The third-order valence-corrected chi connectivity index (χ3v) is 5.76. The number of aromatic nitrogens is 1. The van der Waals surface area contributed by atoms with E-state index in [9.17, 15) is 9.18 Å². The Labute approximate surface area is 157 Å². The largest absolute Gasteiger partial charge is 0.384 e. The van der Waals surface area contributed by atoms with Crippen molar-refractivity contribution in [1.82, 2.24) is 10.3 Å². The molecule has 0 aliphatic carbocycles. The number of aryl methyl sites for hydroxylation is 1. The van der Waals surface area contributed by atoms with Gasteiger partial charge in [0.05, 0.1) is 12.0 Å². The highest BCUT2D eigenvalue weighted by Crippen LogP contribution is 2.32. The molecule has 7 heteroatoms. The van der Waals surface area contributed by atoms with E-state index in [4.69, 9.17) is 4.74 Å². The predicted octanol–water partition coefficient (Wildman–Crippen LogP) is 3.14. The lowest BCUT2D eigenvalue weighted by Gasteiger charge is -2.35. The van der Waals surface area contributed by atoms with Gasteiger partial charge in [0.15, 0.2) is 5.13 Å². The van der Waals surface area contributed by atoms with Gasteiger partial charge in [-0.1, -0.05) is 12.1 Å². The first-order chi connectivity index (χ1) is 12.5. The van der Waals surface area contributed by atoms with E-state index in [1.807, 2.05) is 6.07 Å². The maximum atomic E-state index is 13.7. The summed E-state index contributed by atoms with van der Waals surface area (Å²) in [5, 5.41) is 6.80. The first-order valence-corrected chi connectivity index (χ1v) is 9.55. The number of carbonyl (C=O) groups excluding carboxylic acids is 1. The van der Waals surface area contributed by atoms with Crippen molar-refractivity contribution < 1.29 is 13.9 Å². The van der Waals surface area contributed by atoms with E-state index >= 15 is 0 Å². The fourth-order valence-corrected chi connectivity index (χ4v) is 4.08. The molecule has 0 unspecified atom stereocenters. The van der Waals surface area contributed by atoms with Gasteiger partial charge in [0.1, 0.15) is 5.82 Å². The molecule has 1 fully saturated rings. The molecule has 2 N–H and O–H groups in total.